The van der Waals surface area contributed by atoms with Gasteiger partial charge < -0.3 is 24.3 Å². The van der Waals surface area contributed by atoms with Gasteiger partial charge in [0.1, 0.15) is 12.6 Å². The van der Waals surface area contributed by atoms with Crippen LogP contribution in [0.4, 0.5) is 0 Å². The molecule has 1 N–H and O–H groups in total. The van der Waals surface area contributed by atoms with E-state index < -0.39 is 12.1 Å². The number of piperazine rings is 1. The fraction of sp³-hybridized carbons (Fsp3) is 0.484. The SMILES string of the molecule is CCOc1ccc([C@H]2c3[nH]c4ccccc4c3C[C@H]3C(=O)N(C4CCCCCCC4)CC(=O)N23)cc1OC. The van der Waals surface area contributed by atoms with Gasteiger partial charge in [-0.1, -0.05) is 56.4 Å². The van der Waals surface area contributed by atoms with Crippen LogP contribution in [0.15, 0.2) is 42.5 Å². The summed E-state index contributed by atoms with van der Waals surface area (Å²) in [6.07, 6.45) is 8.44. The summed E-state index contributed by atoms with van der Waals surface area (Å²) in [5.41, 5.74) is 4.04. The smallest absolute Gasteiger partial charge is 0.246 e. The third kappa shape index (κ3) is 4.22. The summed E-state index contributed by atoms with van der Waals surface area (Å²) in [6, 6.07) is 13.3. The number of carbonyl (C=O) groups excluding carboxylic acids is 2. The van der Waals surface area contributed by atoms with Crippen LogP contribution in [-0.2, 0) is 16.0 Å². The number of H-pyrrole nitrogens is 1. The van der Waals surface area contributed by atoms with Crippen molar-refractivity contribution in [3.8, 4) is 11.5 Å². The highest BCUT2D eigenvalue weighted by Crippen LogP contribution is 2.44. The first-order chi connectivity index (χ1) is 18.6. The summed E-state index contributed by atoms with van der Waals surface area (Å²) in [7, 11) is 1.63. The van der Waals surface area contributed by atoms with Crippen LogP contribution in [0.1, 0.15) is 74.7 Å². The molecule has 1 aliphatic carbocycles. The Morgan fingerprint density at radius 2 is 1.74 bits per heavy atom. The Labute approximate surface area is 224 Å². The van der Waals surface area contributed by atoms with Crippen LogP contribution < -0.4 is 9.47 Å². The van der Waals surface area contributed by atoms with E-state index in [1.807, 2.05) is 47.1 Å². The zero-order valence-corrected chi connectivity index (χ0v) is 22.4. The Morgan fingerprint density at radius 1 is 0.974 bits per heavy atom. The molecule has 2 atom stereocenters. The zero-order valence-electron chi connectivity index (χ0n) is 22.4. The van der Waals surface area contributed by atoms with Gasteiger partial charge in [-0.15, -0.1) is 0 Å². The van der Waals surface area contributed by atoms with Crippen molar-refractivity contribution in [1.82, 2.24) is 14.8 Å². The largest absolute Gasteiger partial charge is 0.493 e. The summed E-state index contributed by atoms with van der Waals surface area (Å²) in [5, 5.41) is 1.12. The number of rotatable bonds is 5. The molecule has 0 radical (unpaired) electrons. The van der Waals surface area contributed by atoms with E-state index in [-0.39, 0.29) is 24.4 Å². The van der Waals surface area contributed by atoms with Gasteiger partial charge in [0.05, 0.1) is 19.8 Å². The van der Waals surface area contributed by atoms with E-state index in [9.17, 15) is 9.59 Å². The van der Waals surface area contributed by atoms with Crippen LogP contribution in [0.3, 0.4) is 0 Å². The maximum Gasteiger partial charge on any atom is 0.246 e. The van der Waals surface area contributed by atoms with Gasteiger partial charge in [0.15, 0.2) is 11.5 Å². The number of nitrogens with zero attached hydrogens (tertiary/aromatic N) is 2. The average molecular weight is 516 g/mol. The number of aromatic amines is 1. The number of amides is 2. The Bertz CT molecular complexity index is 1340. The first-order valence-electron chi connectivity index (χ1n) is 14.1. The third-order valence-corrected chi connectivity index (χ3v) is 8.61. The first kappa shape index (κ1) is 24.8. The molecule has 2 amide bonds. The highest BCUT2D eigenvalue weighted by atomic mass is 16.5. The van der Waals surface area contributed by atoms with Crippen LogP contribution in [0.25, 0.3) is 10.9 Å². The molecule has 200 valence electrons. The lowest BCUT2D eigenvalue weighted by Gasteiger charge is -2.49. The number of hydrogen-bond acceptors (Lipinski definition) is 4. The van der Waals surface area contributed by atoms with Crippen molar-refractivity contribution in [1.29, 1.82) is 0 Å². The molecule has 1 saturated heterocycles. The first-order valence-corrected chi connectivity index (χ1v) is 14.1. The molecule has 3 heterocycles. The number of carbonyl (C=O) groups is 2. The summed E-state index contributed by atoms with van der Waals surface area (Å²) >= 11 is 0. The van der Waals surface area contributed by atoms with Gasteiger partial charge in [-0.25, -0.2) is 0 Å². The Balaban J connectivity index is 1.44. The number of benzene rings is 2. The molecule has 1 saturated carbocycles. The minimum Gasteiger partial charge on any atom is -0.493 e. The summed E-state index contributed by atoms with van der Waals surface area (Å²) in [5.74, 6) is 1.39. The van der Waals surface area contributed by atoms with Gasteiger partial charge in [0, 0.05) is 29.1 Å². The van der Waals surface area contributed by atoms with Crippen LogP contribution in [-0.4, -0.2) is 58.9 Å². The molecule has 6 rings (SSSR count). The monoisotopic (exact) mass is 515 g/mol. The van der Waals surface area contributed by atoms with Gasteiger partial charge in [-0.3, -0.25) is 9.59 Å². The molecule has 3 aromatic rings. The van der Waals surface area contributed by atoms with Crippen LogP contribution in [0.2, 0.25) is 0 Å². The molecule has 2 aliphatic heterocycles. The molecule has 0 bridgehead atoms. The highest BCUT2D eigenvalue weighted by molar-refractivity contribution is 5.98. The van der Waals surface area contributed by atoms with Crippen molar-refractivity contribution >= 4 is 22.7 Å². The summed E-state index contributed by atoms with van der Waals surface area (Å²) < 4.78 is 11.4. The van der Waals surface area contributed by atoms with E-state index in [2.05, 4.69) is 17.1 Å². The van der Waals surface area contributed by atoms with Gasteiger partial charge in [-0.2, -0.15) is 0 Å². The standard InChI is InChI=1S/C31H37N3O4/c1-3-38-26-16-15-20(17-27(26)37-2)30-29-23(22-13-9-10-14-24(22)32-29)18-25-31(36)33(19-28(35)34(25)30)21-11-7-5-4-6-8-12-21/h9-10,13-17,21,25,30,32H,3-8,11-12,18-19H2,1-2H3/t25-,30-/m0/s1. The number of methoxy groups -OCH3 is 1. The predicted molar refractivity (Wildman–Crippen MR) is 146 cm³/mol. The number of para-hydroxylation sites is 1. The molecular formula is C31H37N3O4. The fourth-order valence-corrected chi connectivity index (χ4v) is 6.82. The van der Waals surface area contributed by atoms with Crippen LogP contribution in [0.5, 0.6) is 11.5 Å². The number of ether oxygens (including phenoxy) is 2. The van der Waals surface area contributed by atoms with E-state index in [0.717, 1.165) is 53.4 Å². The maximum absolute atomic E-state index is 14.2. The number of aromatic nitrogens is 1. The van der Waals surface area contributed by atoms with Gasteiger partial charge in [-0.05, 0) is 49.1 Å². The highest BCUT2D eigenvalue weighted by Gasteiger charge is 2.49. The molecule has 1 aromatic heterocycles. The van der Waals surface area contributed by atoms with Crippen molar-refractivity contribution in [3.63, 3.8) is 0 Å². The summed E-state index contributed by atoms with van der Waals surface area (Å²) in [4.78, 5) is 35.5. The Morgan fingerprint density at radius 3 is 2.50 bits per heavy atom. The maximum atomic E-state index is 14.2. The molecule has 0 spiro atoms. The lowest BCUT2D eigenvalue weighted by molar-refractivity contribution is -0.161. The topological polar surface area (TPSA) is 74.9 Å². The minimum atomic E-state index is -0.518. The van der Waals surface area contributed by atoms with Gasteiger partial charge in [0.25, 0.3) is 0 Å². The fourth-order valence-electron chi connectivity index (χ4n) is 6.82. The zero-order chi connectivity index (χ0) is 26.2. The quantitative estimate of drug-likeness (QED) is 0.496. The Kier molecular flexibility index (Phi) is 6.76. The average Bonchev–Trinajstić information content (AvgIpc) is 3.28. The van der Waals surface area contributed by atoms with E-state index >= 15 is 0 Å². The van der Waals surface area contributed by atoms with Crippen molar-refractivity contribution in [2.75, 3.05) is 20.3 Å². The van der Waals surface area contributed by atoms with Gasteiger partial charge in [0.2, 0.25) is 11.8 Å². The van der Waals surface area contributed by atoms with E-state index in [1.54, 1.807) is 7.11 Å². The van der Waals surface area contributed by atoms with Crippen molar-refractivity contribution in [2.24, 2.45) is 0 Å². The molecule has 2 fully saturated rings. The molecule has 0 unspecified atom stereocenters. The van der Waals surface area contributed by atoms with Crippen molar-refractivity contribution < 1.29 is 19.1 Å². The van der Waals surface area contributed by atoms with E-state index in [4.69, 9.17) is 9.47 Å². The molecule has 3 aliphatic rings. The minimum absolute atomic E-state index is 0.0128. The molecule has 7 heteroatoms. The second-order valence-electron chi connectivity index (χ2n) is 10.8. The molecule has 7 nitrogen and oxygen atoms in total. The lowest BCUT2D eigenvalue weighted by Crippen LogP contribution is -2.64. The van der Waals surface area contributed by atoms with E-state index in [0.29, 0.717) is 24.5 Å². The predicted octanol–water partition coefficient (Wildman–Crippen LogP) is 5.37. The van der Waals surface area contributed by atoms with Crippen LogP contribution >= 0.6 is 0 Å². The third-order valence-electron chi connectivity index (χ3n) is 8.61. The molecular weight excluding hydrogens is 478 g/mol. The molecule has 2 aromatic carbocycles. The van der Waals surface area contributed by atoms with Gasteiger partial charge >= 0.3 is 0 Å². The summed E-state index contributed by atoms with van der Waals surface area (Å²) in [6.45, 7) is 2.62. The van der Waals surface area contributed by atoms with E-state index in [1.165, 1.54) is 19.3 Å². The second-order valence-corrected chi connectivity index (χ2v) is 10.8. The van der Waals surface area contributed by atoms with Crippen LogP contribution in [0, 0.1) is 0 Å². The number of nitrogens with one attached hydrogen (secondary N) is 1. The Hall–Kier alpha value is -3.48. The van der Waals surface area contributed by atoms with Crippen molar-refractivity contribution in [3.05, 3.63) is 59.3 Å². The van der Waals surface area contributed by atoms with Crippen molar-refractivity contribution in [2.45, 2.75) is 76.4 Å². The normalized spacial score (nSPS) is 22.6. The lowest BCUT2D eigenvalue weighted by atomic mass is 9.85. The number of hydrogen-bond donors (Lipinski definition) is 1. The second kappa shape index (κ2) is 10.4. The molecule has 38 heavy (non-hydrogen) atoms. The number of fused-ring (bicyclic) bond motifs is 4.